The molecular formula is C15H19NO3S. The molecule has 1 aromatic rings. The van der Waals surface area contributed by atoms with E-state index in [2.05, 4.69) is 0 Å². The number of hydrogen-bond donors (Lipinski definition) is 1. The van der Waals surface area contributed by atoms with Crippen LogP contribution >= 0.6 is 11.3 Å². The summed E-state index contributed by atoms with van der Waals surface area (Å²) in [6, 6.07) is 2.02. The molecule has 1 amide bonds. The largest absolute Gasteiger partial charge is 0.481 e. The van der Waals surface area contributed by atoms with Gasteiger partial charge in [0.2, 0.25) is 5.91 Å². The highest BCUT2D eigenvalue weighted by molar-refractivity contribution is 7.11. The first-order valence-corrected chi connectivity index (χ1v) is 7.55. The molecule has 1 N–H and O–H groups in total. The fraction of sp³-hybridized carbons (Fsp3) is 0.467. The van der Waals surface area contributed by atoms with Crippen LogP contribution in [0.3, 0.4) is 0 Å². The molecule has 2 heterocycles. The molecule has 0 saturated carbocycles. The van der Waals surface area contributed by atoms with Crippen molar-refractivity contribution in [2.75, 3.05) is 13.1 Å². The van der Waals surface area contributed by atoms with Gasteiger partial charge in [-0.25, -0.2) is 0 Å². The monoisotopic (exact) mass is 293 g/mol. The number of piperidine rings is 1. The highest BCUT2D eigenvalue weighted by Crippen LogP contribution is 2.31. The fourth-order valence-corrected chi connectivity index (χ4v) is 3.06. The third-order valence-corrected chi connectivity index (χ3v) is 4.96. The lowest BCUT2D eigenvalue weighted by Crippen LogP contribution is -2.44. The molecule has 0 radical (unpaired) electrons. The van der Waals surface area contributed by atoms with Crippen molar-refractivity contribution in [2.45, 2.75) is 26.7 Å². The van der Waals surface area contributed by atoms with E-state index in [9.17, 15) is 9.59 Å². The van der Waals surface area contributed by atoms with Crippen molar-refractivity contribution >= 4 is 29.3 Å². The summed E-state index contributed by atoms with van der Waals surface area (Å²) >= 11 is 1.61. The number of aryl methyl sites for hydroxylation is 1. The Bertz CT molecular complexity index is 539. The number of aliphatic carboxylic acids is 1. The van der Waals surface area contributed by atoms with Crippen LogP contribution in [-0.4, -0.2) is 35.0 Å². The zero-order chi connectivity index (χ0) is 14.8. The van der Waals surface area contributed by atoms with E-state index in [4.69, 9.17) is 5.11 Å². The molecule has 1 aliphatic rings. The minimum atomic E-state index is -0.769. The number of thiophene rings is 1. The van der Waals surface area contributed by atoms with Crippen molar-refractivity contribution in [2.24, 2.45) is 5.41 Å². The van der Waals surface area contributed by atoms with E-state index in [-0.39, 0.29) is 5.91 Å². The first kappa shape index (κ1) is 14.8. The minimum Gasteiger partial charge on any atom is -0.481 e. The molecule has 0 atom stereocenters. The lowest BCUT2D eigenvalue weighted by atomic mass is 9.80. The molecule has 4 nitrogen and oxygen atoms in total. The van der Waals surface area contributed by atoms with E-state index in [0.29, 0.717) is 25.9 Å². The summed E-state index contributed by atoms with van der Waals surface area (Å²) in [5, 5.41) is 11.2. The average molecular weight is 293 g/mol. The lowest BCUT2D eigenvalue weighted by molar-refractivity contribution is -0.152. The summed E-state index contributed by atoms with van der Waals surface area (Å²) in [5.41, 5.74) is 0.473. The van der Waals surface area contributed by atoms with E-state index in [0.717, 1.165) is 10.4 Å². The topological polar surface area (TPSA) is 57.6 Å². The molecule has 2 rings (SSSR count). The minimum absolute atomic E-state index is 0.0368. The van der Waals surface area contributed by atoms with E-state index >= 15 is 0 Å². The number of nitrogens with zero attached hydrogens (tertiary/aromatic N) is 1. The van der Waals surface area contributed by atoms with E-state index < -0.39 is 11.4 Å². The molecule has 0 bridgehead atoms. The van der Waals surface area contributed by atoms with Gasteiger partial charge in [-0.15, -0.1) is 11.3 Å². The summed E-state index contributed by atoms with van der Waals surface area (Å²) in [7, 11) is 0. The van der Waals surface area contributed by atoms with Gasteiger partial charge in [0.1, 0.15) is 0 Å². The van der Waals surface area contributed by atoms with Crippen molar-refractivity contribution in [3.05, 3.63) is 28.0 Å². The second kappa shape index (κ2) is 5.79. The van der Waals surface area contributed by atoms with E-state index in [1.807, 2.05) is 24.4 Å². The van der Waals surface area contributed by atoms with Gasteiger partial charge in [0.25, 0.3) is 0 Å². The van der Waals surface area contributed by atoms with Gasteiger partial charge in [-0.05, 0) is 49.8 Å². The molecule has 20 heavy (non-hydrogen) atoms. The van der Waals surface area contributed by atoms with Gasteiger partial charge < -0.3 is 10.0 Å². The molecule has 0 aromatic carbocycles. The zero-order valence-corrected chi connectivity index (χ0v) is 12.6. The maximum atomic E-state index is 12.1. The quantitative estimate of drug-likeness (QED) is 0.872. The third kappa shape index (κ3) is 3.10. The van der Waals surface area contributed by atoms with Crippen LogP contribution in [-0.2, 0) is 9.59 Å². The first-order chi connectivity index (χ1) is 9.42. The van der Waals surface area contributed by atoms with Gasteiger partial charge >= 0.3 is 5.97 Å². The van der Waals surface area contributed by atoms with E-state index in [1.54, 1.807) is 29.2 Å². The Morgan fingerprint density at radius 3 is 2.55 bits per heavy atom. The summed E-state index contributed by atoms with van der Waals surface area (Å²) in [6.45, 7) is 4.78. The van der Waals surface area contributed by atoms with Crippen LogP contribution in [0.2, 0.25) is 0 Å². The molecule has 1 saturated heterocycles. The SMILES string of the molecule is Cc1ccsc1C=CC(=O)N1CCC(C)(C(=O)O)CC1. The smallest absolute Gasteiger partial charge is 0.309 e. The fourth-order valence-electron chi connectivity index (χ4n) is 2.24. The van der Waals surface area contributed by atoms with Crippen LogP contribution in [0, 0.1) is 12.3 Å². The predicted octanol–water partition coefficient (Wildman–Crippen LogP) is 2.78. The number of carbonyl (C=O) groups is 2. The molecule has 108 valence electrons. The number of carbonyl (C=O) groups excluding carboxylic acids is 1. The Labute approximate surface area is 122 Å². The molecule has 0 aliphatic carbocycles. The van der Waals surface area contributed by atoms with Gasteiger partial charge in [0, 0.05) is 24.0 Å². The van der Waals surface area contributed by atoms with Gasteiger partial charge in [0.15, 0.2) is 0 Å². The Hall–Kier alpha value is -1.62. The standard InChI is InChI=1S/C15H19NO3S/c1-11-5-10-20-12(11)3-4-13(17)16-8-6-15(2,7-9-16)14(18)19/h3-5,10H,6-9H2,1-2H3,(H,18,19). The third-order valence-electron chi connectivity index (χ3n) is 3.97. The van der Waals surface area contributed by atoms with Crippen LogP contribution in [0.5, 0.6) is 0 Å². The van der Waals surface area contributed by atoms with Crippen LogP contribution < -0.4 is 0 Å². The Morgan fingerprint density at radius 2 is 2.05 bits per heavy atom. The summed E-state index contributed by atoms with van der Waals surface area (Å²) in [6.07, 6.45) is 4.45. The second-order valence-electron chi connectivity index (χ2n) is 5.49. The summed E-state index contributed by atoms with van der Waals surface area (Å²) < 4.78 is 0. The van der Waals surface area contributed by atoms with Crippen molar-refractivity contribution < 1.29 is 14.7 Å². The molecule has 1 aromatic heterocycles. The lowest BCUT2D eigenvalue weighted by Gasteiger charge is -2.35. The van der Waals surface area contributed by atoms with Crippen LogP contribution in [0.4, 0.5) is 0 Å². The Kier molecular flexibility index (Phi) is 4.28. The van der Waals surface area contributed by atoms with Crippen molar-refractivity contribution in [3.63, 3.8) is 0 Å². The average Bonchev–Trinajstić information content (AvgIpc) is 2.82. The number of likely N-dealkylation sites (tertiary alicyclic amines) is 1. The van der Waals surface area contributed by atoms with Gasteiger partial charge in [0.05, 0.1) is 5.41 Å². The van der Waals surface area contributed by atoms with Crippen LogP contribution in [0.25, 0.3) is 6.08 Å². The number of hydrogen-bond acceptors (Lipinski definition) is 3. The molecule has 0 unspecified atom stereocenters. The molecule has 1 aliphatic heterocycles. The normalized spacial score (nSPS) is 18.4. The molecule has 5 heteroatoms. The van der Waals surface area contributed by atoms with Gasteiger partial charge in [-0.2, -0.15) is 0 Å². The van der Waals surface area contributed by atoms with Gasteiger partial charge in [-0.3, -0.25) is 9.59 Å². The zero-order valence-electron chi connectivity index (χ0n) is 11.8. The molecule has 0 spiro atoms. The summed E-state index contributed by atoms with van der Waals surface area (Å²) in [5.74, 6) is -0.806. The predicted molar refractivity (Wildman–Crippen MR) is 79.6 cm³/mol. The van der Waals surface area contributed by atoms with Crippen molar-refractivity contribution in [1.82, 2.24) is 4.90 Å². The first-order valence-electron chi connectivity index (χ1n) is 6.67. The van der Waals surface area contributed by atoms with Crippen LogP contribution in [0.15, 0.2) is 17.5 Å². The van der Waals surface area contributed by atoms with Crippen molar-refractivity contribution in [1.29, 1.82) is 0 Å². The molecular weight excluding hydrogens is 274 g/mol. The number of carboxylic acids is 1. The maximum Gasteiger partial charge on any atom is 0.309 e. The van der Waals surface area contributed by atoms with Crippen molar-refractivity contribution in [3.8, 4) is 0 Å². The van der Waals surface area contributed by atoms with Crippen LogP contribution in [0.1, 0.15) is 30.2 Å². The number of carboxylic acid groups (broad SMARTS) is 1. The highest BCUT2D eigenvalue weighted by atomic mass is 32.1. The Balaban J connectivity index is 1.94. The Morgan fingerprint density at radius 1 is 1.40 bits per heavy atom. The van der Waals surface area contributed by atoms with Gasteiger partial charge in [-0.1, -0.05) is 0 Å². The maximum absolute atomic E-state index is 12.1. The number of amides is 1. The highest BCUT2D eigenvalue weighted by Gasteiger charge is 2.37. The summed E-state index contributed by atoms with van der Waals surface area (Å²) in [4.78, 5) is 26.1. The second-order valence-corrected chi connectivity index (χ2v) is 6.44. The molecule has 1 fully saturated rings. The van der Waals surface area contributed by atoms with E-state index in [1.165, 1.54) is 0 Å². The number of rotatable bonds is 3.